The third-order valence-corrected chi connectivity index (χ3v) is 4.24. The molecule has 0 fully saturated rings. The van der Waals surface area contributed by atoms with E-state index in [1.807, 2.05) is 60.8 Å². The molecule has 2 aromatic heterocycles. The highest BCUT2D eigenvalue weighted by Crippen LogP contribution is 2.27. The van der Waals surface area contributed by atoms with Crippen LogP contribution in [0.2, 0.25) is 0 Å². The second-order valence-corrected chi connectivity index (χ2v) is 5.87. The summed E-state index contributed by atoms with van der Waals surface area (Å²) in [6.07, 6.45) is 1.98. The quantitative estimate of drug-likeness (QED) is 0.217. The number of nitrogens with zero attached hydrogens (tertiary/aromatic N) is 4. The molecule has 0 unspecified atom stereocenters. The van der Waals surface area contributed by atoms with Crippen LogP contribution < -0.4 is 15.8 Å². The lowest BCUT2D eigenvalue weighted by Crippen LogP contribution is -2.12. The molecule has 8 nitrogen and oxygen atoms in total. The average molecular weight is 359 g/mol. The van der Waals surface area contributed by atoms with E-state index in [1.54, 1.807) is 7.11 Å². The van der Waals surface area contributed by atoms with Crippen molar-refractivity contribution in [1.82, 2.24) is 9.38 Å². The largest absolute Gasteiger partial charge is 0.497 e. The van der Waals surface area contributed by atoms with Crippen molar-refractivity contribution < 1.29 is 4.74 Å². The summed E-state index contributed by atoms with van der Waals surface area (Å²) in [6.45, 7) is 0. The number of fused-ring (bicyclic) bond motifs is 3. The molecule has 8 heteroatoms. The highest BCUT2D eigenvalue weighted by atomic mass is 16.5. The fraction of sp³-hybridized carbons (Fsp3) is 0.0526. The Kier molecular flexibility index (Phi) is 4.13. The minimum Gasteiger partial charge on any atom is -0.497 e. The Morgan fingerprint density at radius 3 is 2.85 bits per heavy atom. The van der Waals surface area contributed by atoms with Crippen molar-refractivity contribution in [3.63, 3.8) is 0 Å². The summed E-state index contributed by atoms with van der Waals surface area (Å²) >= 11 is 0. The Bertz CT molecular complexity index is 1180. The number of ether oxygens (including phenoxy) is 1. The van der Waals surface area contributed by atoms with Crippen LogP contribution in [0.5, 0.6) is 5.75 Å². The van der Waals surface area contributed by atoms with Crippen molar-refractivity contribution in [2.45, 2.75) is 0 Å². The smallest absolute Gasteiger partial charge is 0.155 e. The lowest BCUT2D eigenvalue weighted by Gasteiger charge is -2.12. The summed E-state index contributed by atoms with van der Waals surface area (Å²) in [4.78, 5) is 4.77. The molecule has 2 heterocycles. The molecule has 0 spiro atoms. The monoisotopic (exact) mass is 359 g/mol. The predicted octanol–water partition coefficient (Wildman–Crippen LogP) is 3.89. The van der Waals surface area contributed by atoms with E-state index in [4.69, 9.17) is 21.0 Å². The van der Waals surface area contributed by atoms with Crippen molar-refractivity contribution >= 4 is 33.9 Å². The highest BCUT2D eigenvalue weighted by Gasteiger charge is 2.10. The van der Waals surface area contributed by atoms with E-state index in [9.17, 15) is 0 Å². The molecule has 4 aromatic rings. The zero-order valence-corrected chi connectivity index (χ0v) is 14.5. The third-order valence-electron chi connectivity index (χ3n) is 4.24. The molecule has 0 aliphatic heterocycles. The van der Waals surface area contributed by atoms with Gasteiger partial charge in [-0.15, -0.1) is 5.10 Å². The molecule has 0 bridgehead atoms. The van der Waals surface area contributed by atoms with Gasteiger partial charge in [0.15, 0.2) is 11.7 Å². The molecule has 2 aromatic carbocycles. The molecule has 4 rings (SSSR count). The summed E-state index contributed by atoms with van der Waals surface area (Å²) in [7, 11) is 1.63. The Hall–Kier alpha value is -3.94. The Labute approximate surface area is 154 Å². The second kappa shape index (κ2) is 6.75. The van der Waals surface area contributed by atoms with Crippen LogP contribution in [-0.2, 0) is 0 Å². The number of benzene rings is 2. The number of rotatable bonds is 5. The van der Waals surface area contributed by atoms with Crippen molar-refractivity contribution in [2.24, 2.45) is 16.1 Å². The molecular formula is C19H17N7O. The number of anilines is 2. The molecule has 134 valence electrons. The SMILES string of the molecule is COc1cccc(Nc2nc3cc(C(N)=NN=N)ccc3n3cccc23)c1. The molecule has 0 saturated carbocycles. The van der Waals surface area contributed by atoms with Gasteiger partial charge in [0.1, 0.15) is 5.75 Å². The summed E-state index contributed by atoms with van der Waals surface area (Å²) < 4.78 is 7.34. The van der Waals surface area contributed by atoms with Crippen LogP contribution in [0.3, 0.4) is 0 Å². The maximum absolute atomic E-state index is 6.84. The standard InChI is InChI=1S/C19H17N7O/c1-27-14-5-2-4-13(11-14)22-19-17-6-3-9-26(17)16-8-7-12(10-15(16)23-19)18(20)24-25-21/h2-11H,1H3,(H,22,23)(H3,20,21,24). The van der Waals surface area contributed by atoms with Crippen molar-refractivity contribution in [2.75, 3.05) is 12.4 Å². The first kappa shape index (κ1) is 16.5. The van der Waals surface area contributed by atoms with Crippen LogP contribution in [0.15, 0.2) is 71.1 Å². The van der Waals surface area contributed by atoms with Gasteiger partial charge < -0.3 is 20.2 Å². The first-order chi connectivity index (χ1) is 13.2. The van der Waals surface area contributed by atoms with E-state index in [1.165, 1.54) is 0 Å². The van der Waals surface area contributed by atoms with Gasteiger partial charge in [-0.05, 0) is 42.5 Å². The lowest BCUT2D eigenvalue weighted by molar-refractivity contribution is 0.415. The van der Waals surface area contributed by atoms with Gasteiger partial charge >= 0.3 is 0 Å². The Morgan fingerprint density at radius 2 is 2.04 bits per heavy atom. The lowest BCUT2D eigenvalue weighted by atomic mass is 10.1. The molecule has 0 amide bonds. The maximum atomic E-state index is 6.84. The predicted molar refractivity (Wildman–Crippen MR) is 105 cm³/mol. The zero-order valence-electron chi connectivity index (χ0n) is 14.5. The number of nitrogens with one attached hydrogen (secondary N) is 2. The van der Waals surface area contributed by atoms with Crippen LogP contribution in [0, 0.1) is 5.53 Å². The molecule has 4 N–H and O–H groups in total. The van der Waals surface area contributed by atoms with Crippen LogP contribution in [0.25, 0.3) is 16.6 Å². The number of nitrogens with two attached hydrogens (primary N) is 1. The van der Waals surface area contributed by atoms with Crippen molar-refractivity contribution in [1.29, 1.82) is 5.53 Å². The van der Waals surface area contributed by atoms with E-state index < -0.39 is 0 Å². The topological polar surface area (TPSA) is 113 Å². The molecule has 27 heavy (non-hydrogen) atoms. The van der Waals surface area contributed by atoms with Gasteiger partial charge in [-0.2, -0.15) is 5.53 Å². The van der Waals surface area contributed by atoms with Gasteiger partial charge in [0.2, 0.25) is 0 Å². The molecule has 0 radical (unpaired) electrons. The molecule has 0 atom stereocenters. The number of aromatic nitrogens is 2. The van der Waals surface area contributed by atoms with E-state index in [0.29, 0.717) is 11.4 Å². The number of methoxy groups -OCH3 is 1. The second-order valence-electron chi connectivity index (χ2n) is 5.87. The number of hydrogen-bond donors (Lipinski definition) is 3. The summed E-state index contributed by atoms with van der Waals surface area (Å²) in [5.41, 5.74) is 16.8. The van der Waals surface area contributed by atoms with E-state index >= 15 is 0 Å². The summed E-state index contributed by atoms with van der Waals surface area (Å²) in [6, 6.07) is 17.2. The minimum atomic E-state index is 0.170. The maximum Gasteiger partial charge on any atom is 0.155 e. The van der Waals surface area contributed by atoms with Crippen LogP contribution in [-0.4, -0.2) is 22.3 Å². The Balaban J connectivity index is 1.86. The molecule has 0 saturated heterocycles. The van der Waals surface area contributed by atoms with Gasteiger partial charge in [-0.25, -0.2) is 4.98 Å². The van der Waals surface area contributed by atoms with Crippen LogP contribution in [0.4, 0.5) is 11.5 Å². The highest BCUT2D eigenvalue weighted by molar-refractivity contribution is 6.00. The summed E-state index contributed by atoms with van der Waals surface area (Å²) in [5.74, 6) is 1.64. The number of hydrogen-bond acceptors (Lipinski definition) is 5. The van der Waals surface area contributed by atoms with Crippen LogP contribution in [0.1, 0.15) is 5.56 Å². The van der Waals surface area contributed by atoms with E-state index in [2.05, 4.69) is 20.0 Å². The molecular weight excluding hydrogens is 342 g/mol. The Morgan fingerprint density at radius 1 is 1.15 bits per heavy atom. The fourth-order valence-electron chi connectivity index (χ4n) is 2.98. The third kappa shape index (κ3) is 3.04. The van der Waals surface area contributed by atoms with E-state index in [0.717, 1.165) is 28.0 Å². The zero-order chi connectivity index (χ0) is 18.8. The summed E-state index contributed by atoms with van der Waals surface area (Å²) in [5, 5.41) is 9.92. The van der Waals surface area contributed by atoms with E-state index in [-0.39, 0.29) is 5.84 Å². The first-order valence-corrected chi connectivity index (χ1v) is 8.22. The van der Waals surface area contributed by atoms with Crippen molar-refractivity contribution in [3.8, 4) is 5.75 Å². The van der Waals surface area contributed by atoms with Crippen molar-refractivity contribution in [3.05, 3.63) is 66.4 Å². The normalized spacial score (nSPS) is 11.7. The minimum absolute atomic E-state index is 0.170. The molecule has 0 aliphatic carbocycles. The fourth-order valence-corrected chi connectivity index (χ4v) is 2.98. The van der Waals surface area contributed by atoms with Gasteiger partial charge in [-0.3, -0.25) is 0 Å². The number of amidine groups is 1. The van der Waals surface area contributed by atoms with Crippen LogP contribution >= 0.6 is 0 Å². The van der Waals surface area contributed by atoms with Gasteiger partial charge in [0, 0.05) is 23.5 Å². The first-order valence-electron chi connectivity index (χ1n) is 8.22. The molecule has 0 aliphatic rings. The van der Waals surface area contributed by atoms with Gasteiger partial charge in [0.25, 0.3) is 0 Å². The van der Waals surface area contributed by atoms with Gasteiger partial charge in [0.05, 0.1) is 23.7 Å². The average Bonchev–Trinajstić information content (AvgIpc) is 3.18. The van der Waals surface area contributed by atoms with Gasteiger partial charge in [-0.1, -0.05) is 11.3 Å².